The Morgan fingerprint density at radius 1 is 1.62 bits per heavy atom. The molecule has 1 aliphatic carbocycles. The molecule has 0 saturated heterocycles. The average molecular weight is 311 g/mol. The van der Waals surface area contributed by atoms with Crippen LogP contribution in [0.3, 0.4) is 0 Å². The summed E-state index contributed by atoms with van der Waals surface area (Å²) in [4.78, 5) is 19.8. The molecule has 0 aromatic carbocycles. The third kappa shape index (κ3) is 2.72. The van der Waals surface area contributed by atoms with Crippen LogP contribution in [0.25, 0.3) is 0 Å². The second-order valence-corrected chi connectivity index (χ2v) is 7.67. The lowest BCUT2D eigenvalue weighted by atomic mass is 9.54. The number of ether oxygens (including phenoxy) is 1. The SMILES string of the molecule is CCOC1CC(N)(C(=O)N(C)Cc2cnc(C)s2)C1(C)C. The third-order valence-electron chi connectivity index (χ3n) is 4.62. The summed E-state index contributed by atoms with van der Waals surface area (Å²) >= 11 is 1.61. The summed E-state index contributed by atoms with van der Waals surface area (Å²) in [5, 5.41) is 1.01. The number of thiazole rings is 1. The van der Waals surface area contributed by atoms with E-state index in [2.05, 4.69) is 4.98 Å². The molecule has 2 unspecified atom stereocenters. The smallest absolute Gasteiger partial charge is 0.243 e. The van der Waals surface area contributed by atoms with Crippen LogP contribution in [0, 0.1) is 12.3 Å². The van der Waals surface area contributed by atoms with E-state index >= 15 is 0 Å². The number of nitrogens with two attached hydrogens (primary N) is 1. The van der Waals surface area contributed by atoms with Crippen molar-refractivity contribution in [1.82, 2.24) is 9.88 Å². The number of amides is 1. The van der Waals surface area contributed by atoms with Gasteiger partial charge in [-0.15, -0.1) is 11.3 Å². The Bertz CT molecular complexity index is 529. The molecule has 1 heterocycles. The molecule has 0 bridgehead atoms. The summed E-state index contributed by atoms with van der Waals surface area (Å²) in [6.45, 7) is 9.15. The van der Waals surface area contributed by atoms with Crippen molar-refractivity contribution in [2.24, 2.45) is 11.1 Å². The maximum atomic E-state index is 12.8. The molecular formula is C15H25N3O2S. The van der Waals surface area contributed by atoms with Gasteiger partial charge >= 0.3 is 0 Å². The molecule has 0 aliphatic heterocycles. The van der Waals surface area contributed by atoms with Crippen LogP contribution in [-0.4, -0.2) is 41.1 Å². The minimum atomic E-state index is -0.846. The van der Waals surface area contributed by atoms with Gasteiger partial charge in [-0.05, 0) is 13.8 Å². The van der Waals surface area contributed by atoms with E-state index in [1.165, 1.54) is 0 Å². The van der Waals surface area contributed by atoms with Gasteiger partial charge in [0.25, 0.3) is 0 Å². The van der Waals surface area contributed by atoms with Crippen LogP contribution in [0.15, 0.2) is 6.20 Å². The molecule has 1 aromatic rings. The maximum absolute atomic E-state index is 12.8. The molecule has 2 N–H and O–H groups in total. The number of likely N-dealkylation sites (N-methyl/N-ethyl adjacent to an activating group) is 1. The van der Waals surface area contributed by atoms with Crippen LogP contribution in [0.1, 0.15) is 37.1 Å². The van der Waals surface area contributed by atoms with Crippen LogP contribution in [0.5, 0.6) is 0 Å². The summed E-state index contributed by atoms with van der Waals surface area (Å²) in [7, 11) is 1.80. The number of hydrogen-bond acceptors (Lipinski definition) is 5. The van der Waals surface area contributed by atoms with Crippen LogP contribution >= 0.6 is 11.3 Å². The fraction of sp³-hybridized carbons (Fsp3) is 0.733. The Kier molecular flexibility index (Phi) is 4.42. The fourth-order valence-electron chi connectivity index (χ4n) is 2.92. The minimum Gasteiger partial charge on any atom is -0.378 e. The fourth-order valence-corrected chi connectivity index (χ4v) is 3.77. The quantitative estimate of drug-likeness (QED) is 0.902. The van der Waals surface area contributed by atoms with Gasteiger partial charge in [-0.1, -0.05) is 13.8 Å². The van der Waals surface area contributed by atoms with Gasteiger partial charge in [0.15, 0.2) is 0 Å². The molecule has 1 aliphatic rings. The van der Waals surface area contributed by atoms with E-state index in [-0.39, 0.29) is 17.4 Å². The first-order valence-electron chi connectivity index (χ1n) is 7.29. The highest BCUT2D eigenvalue weighted by atomic mass is 32.1. The van der Waals surface area contributed by atoms with Gasteiger partial charge in [0, 0.05) is 36.6 Å². The molecule has 1 aromatic heterocycles. The second kappa shape index (κ2) is 5.66. The zero-order valence-electron chi connectivity index (χ0n) is 13.5. The summed E-state index contributed by atoms with van der Waals surface area (Å²) in [6.07, 6.45) is 2.45. The normalized spacial score (nSPS) is 27.2. The van der Waals surface area contributed by atoms with Crippen molar-refractivity contribution in [2.75, 3.05) is 13.7 Å². The van der Waals surface area contributed by atoms with Gasteiger partial charge in [0.1, 0.15) is 5.54 Å². The lowest BCUT2D eigenvalue weighted by molar-refractivity contribution is -0.178. The van der Waals surface area contributed by atoms with Gasteiger partial charge in [-0.2, -0.15) is 0 Å². The van der Waals surface area contributed by atoms with Crippen molar-refractivity contribution in [2.45, 2.75) is 52.3 Å². The molecule has 1 saturated carbocycles. The predicted octanol–water partition coefficient (Wildman–Crippen LogP) is 1.94. The molecule has 5 nitrogen and oxygen atoms in total. The van der Waals surface area contributed by atoms with Crippen LogP contribution in [0.4, 0.5) is 0 Å². The van der Waals surface area contributed by atoms with Gasteiger partial charge in [-0.25, -0.2) is 4.98 Å². The standard InChI is InChI=1S/C15H25N3O2S/c1-6-20-12-7-15(16,14(12,3)4)13(19)18(5)9-11-8-17-10(2)21-11/h8,12H,6-7,9,16H2,1-5H3. The summed E-state index contributed by atoms with van der Waals surface area (Å²) in [5.41, 5.74) is 5.23. The molecule has 1 amide bonds. The number of rotatable bonds is 5. The summed E-state index contributed by atoms with van der Waals surface area (Å²) in [6, 6.07) is 0. The van der Waals surface area contributed by atoms with Crippen molar-refractivity contribution < 1.29 is 9.53 Å². The Hall–Kier alpha value is -0.980. The van der Waals surface area contributed by atoms with Crippen molar-refractivity contribution >= 4 is 17.2 Å². The number of carbonyl (C=O) groups excluding carboxylic acids is 1. The van der Waals surface area contributed by atoms with E-state index in [4.69, 9.17) is 10.5 Å². The Morgan fingerprint density at radius 2 is 2.29 bits per heavy atom. The molecule has 2 atom stereocenters. The average Bonchev–Trinajstić information content (AvgIpc) is 2.82. The molecule has 118 valence electrons. The topological polar surface area (TPSA) is 68.5 Å². The number of aryl methyl sites for hydroxylation is 1. The van der Waals surface area contributed by atoms with Crippen molar-refractivity contribution in [1.29, 1.82) is 0 Å². The van der Waals surface area contributed by atoms with Crippen LogP contribution in [-0.2, 0) is 16.1 Å². The van der Waals surface area contributed by atoms with E-state index in [9.17, 15) is 4.79 Å². The highest BCUT2D eigenvalue weighted by molar-refractivity contribution is 7.11. The Morgan fingerprint density at radius 3 is 2.76 bits per heavy atom. The zero-order valence-corrected chi connectivity index (χ0v) is 14.3. The van der Waals surface area contributed by atoms with E-state index in [1.54, 1.807) is 23.3 Å². The first-order valence-corrected chi connectivity index (χ1v) is 8.11. The first kappa shape index (κ1) is 16.4. The van der Waals surface area contributed by atoms with Gasteiger partial charge in [0.2, 0.25) is 5.91 Å². The summed E-state index contributed by atoms with van der Waals surface area (Å²) in [5.74, 6) is -0.0190. The van der Waals surface area contributed by atoms with Gasteiger partial charge in [0.05, 0.1) is 17.7 Å². The lowest BCUT2D eigenvalue weighted by Crippen LogP contribution is -2.75. The largest absolute Gasteiger partial charge is 0.378 e. The minimum absolute atomic E-state index is 0.0190. The molecule has 21 heavy (non-hydrogen) atoms. The number of hydrogen-bond donors (Lipinski definition) is 1. The molecular weight excluding hydrogens is 286 g/mol. The van der Waals surface area contributed by atoms with Crippen LogP contribution < -0.4 is 5.73 Å². The van der Waals surface area contributed by atoms with E-state index in [0.29, 0.717) is 19.6 Å². The van der Waals surface area contributed by atoms with Crippen molar-refractivity contribution in [3.8, 4) is 0 Å². The predicted molar refractivity (Wildman–Crippen MR) is 84.1 cm³/mol. The molecule has 0 radical (unpaired) electrons. The molecule has 0 spiro atoms. The monoisotopic (exact) mass is 311 g/mol. The van der Waals surface area contributed by atoms with Gasteiger partial charge < -0.3 is 15.4 Å². The molecule has 2 rings (SSSR count). The molecule has 1 fully saturated rings. The highest BCUT2D eigenvalue weighted by Gasteiger charge is 2.63. The van der Waals surface area contributed by atoms with E-state index in [0.717, 1.165) is 9.88 Å². The number of carbonyl (C=O) groups is 1. The summed E-state index contributed by atoms with van der Waals surface area (Å²) < 4.78 is 5.68. The van der Waals surface area contributed by atoms with E-state index < -0.39 is 5.54 Å². The zero-order chi connectivity index (χ0) is 15.8. The van der Waals surface area contributed by atoms with Gasteiger partial charge in [-0.3, -0.25) is 4.79 Å². The molecule has 6 heteroatoms. The Labute approximate surface area is 130 Å². The first-order chi connectivity index (χ1) is 9.72. The van der Waals surface area contributed by atoms with Crippen molar-refractivity contribution in [3.63, 3.8) is 0 Å². The number of nitrogens with zero attached hydrogens (tertiary/aromatic N) is 2. The lowest BCUT2D eigenvalue weighted by Gasteiger charge is -2.58. The van der Waals surface area contributed by atoms with Crippen molar-refractivity contribution in [3.05, 3.63) is 16.1 Å². The number of aromatic nitrogens is 1. The maximum Gasteiger partial charge on any atom is 0.243 e. The highest BCUT2D eigenvalue weighted by Crippen LogP contribution is 2.50. The van der Waals surface area contributed by atoms with Crippen LogP contribution in [0.2, 0.25) is 0 Å². The van der Waals surface area contributed by atoms with E-state index in [1.807, 2.05) is 33.9 Å². The Balaban J connectivity index is 2.05. The third-order valence-corrected chi connectivity index (χ3v) is 5.52. The second-order valence-electron chi connectivity index (χ2n) is 6.35.